The van der Waals surface area contributed by atoms with Crippen LogP contribution in [0.5, 0.6) is 0 Å². The van der Waals surface area contributed by atoms with Gasteiger partial charge in [-0.25, -0.2) is 9.50 Å². The lowest BCUT2D eigenvalue weighted by atomic mass is 10.2. The first-order valence-electron chi connectivity index (χ1n) is 5.49. The topological polar surface area (TPSA) is 50.2 Å². The molecule has 0 aliphatic rings. The van der Waals surface area contributed by atoms with E-state index in [-0.39, 0.29) is 5.56 Å². The summed E-state index contributed by atoms with van der Waals surface area (Å²) >= 11 is 3.43. The van der Waals surface area contributed by atoms with Crippen LogP contribution in [0.25, 0.3) is 16.9 Å². The second-order valence-electron chi connectivity index (χ2n) is 4.11. The zero-order valence-corrected chi connectivity index (χ0v) is 11.2. The predicted octanol–water partition coefficient (Wildman–Crippen LogP) is 2.76. The molecule has 0 aliphatic carbocycles. The number of benzene rings is 1. The molecule has 4 nitrogen and oxygen atoms in total. The zero-order valence-electron chi connectivity index (χ0n) is 9.64. The van der Waals surface area contributed by atoms with Gasteiger partial charge in [-0.2, -0.15) is 0 Å². The molecule has 0 saturated heterocycles. The highest BCUT2D eigenvalue weighted by molar-refractivity contribution is 9.10. The number of hydrogen-bond donors (Lipinski definition) is 1. The minimum Gasteiger partial charge on any atom is -0.289 e. The van der Waals surface area contributed by atoms with Gasteiger partial charge in [0.05, 0.1) is 5.69 Å². The molecule has 0 amide bonds. The lowest BCUT2D eigenvalue weighted by Gasteiger charge is -1.97. The van der Waals surface area contributed by atoms with Gasteiger partial charge in [-0.15, -0.1) is 0 Å². The Kier molecular flexibility index (Phi) is 2.56. The minimum absolute atomic E-state index is 0.0984. The van der Waals surface area contributed by atoms with E-state index in [0.717, 1.165) is 21.4 Å². The smallest absolute Gasteiger partial charge is 0.272 e. The molecular formula is C13H10BrN3O. The number of H-pyrrole nitrogens is 1. The molecule has 1 aromatic carbocycles. The maximum Gasteiger partial charge on any atom is 0.272 e. The second kappa shape index (κ2) is 4.10. The maximum atomic E-state index is 11.8. The monoisotopic (exact) mass is 303 g/mol. The van der Waals surface area contributed by atoms with Crippen molar-refractivity contribution in [2.45, 2.75) is 6.92 Å². The molecule has 3 aromatic rings. The molecule has 3 rings (SSSR count). The summed E-state index contributed by atoms with van der Waals surface area (Å²) in [5, 5.41) is 3.06. The largest absolute Gasteiger partial charge is 0.289 e. The third-order valence-corrected chi connectivity index (χ3v) is 3.21. The fourth-order valence-electron chi connectivity index (χ4n) is 1.91. The molecule has 18 heavy (non-hydrogen) atoms. The molecule has 0 unspecified atom stereocenters. The fraction of sp³-hybridized carbons (Fsp3) is 0.0769. The number of aryl methyl sites for hydroxylation is 1. The van der Waals surface area contributed by atoms with Crippen LogP contribution >= 0.6 is 15.9 Å². The van der Waals surface area contributed by atoms with Crippen LogP contribution in [-0.4, -0.2) is 14.6 Å². The van der Waals surface area contributed by atoms with Gasteiger partial charge in [-0.05, 0) is 19.1 Å². The van der Waals surface area contributed by atoms with Crippen molar-refractivity contribution in [3.63, 3.8) is 0 Å². The van der Waals surface area contributed by atoms with Gasteiger partial charge in [0, 0.05) is 27.9 Å². The Labute approximate surface area is 111 Å². The first kappa shape index (κ1) is 11.2. The van der Waals surface area contributed by atoms with Gasteiger partial charge in [0.15, 0.2) is 5.65 Å². The van der Waals surface area contributed by atoms with Crippen molar-refractivity contribution in [2.24, 2.45) is 0 Å². The van der Waals surface area contributed by atoms with Gasteiger partial charge >= 0.3 is 0 Å². The lowest BCUT2D eigenvalue weighted by molar-refractivity contribution is 0.893. The van der Waals surface area contributed by atoms with E-state index in [9.17, 15) is 4.79 Å². The number of aromatic nitrogens is 3. The van der Waals surface area contributed by atoms with Crippen LogP contribution in [0.1, 0.15) is 5.69 Å². The molecule has 1 N–H and O–H groups in total. The Morgan fingerprint density at radius 3 is 2.89 bits per heavy atom. The first-order valence-corrected chi connectivity index (χ1v) is 6.28. The Hall–Kier alpha value is -1.88. The Balaban J connectivity index is 2.26. The summed E-state index contributed by atoms with van der Waals surface area (Å²) in [7, 11) is 0. The average molecular weight is 304 g/mol. The molecule has 5 heteroatoms. The van der Waals surface area contributed by atoms with Crippen molar-refractivity contribution in [3.05, 3.63) is 56.9 Å². The van der Waals surface area contributed by atoms with Gasteiger partial charge < -0.3 is 0 Å². The molecule has 0 spiro atoms. The van der Waals surface area contributed by atoms with Crippen molar-refractivity contribution in [1.82, 2.24) is 14.6 Å². The summed E-state index contributed by atoms with van der Waals surface area (Å²) in [4.78, 5) is 16.1. The number of fused-ring (bicyclic) bond motifs is 1. The van der Waals surface area contributed by atoms with Crippen LogP contribution in [0, 0.1) is 6.92 Å². The highest BCUT2D eigenvalue weighted by Crippen LogP contribution is 2.22. The van der Waals surface area contributed by atoms with Crippen LogP contribution in [0.4, 0.5) is 0 Å². The number of nitrogens with one attached hydrogen (secondary N) is 1. The van der Waals surface area contributed by atoms with E-state index >= 15 is 0 Å². The second-order valence-corrected chi connectivity index (χ2v) is 5.03. The molecule has 0 aliphatic heterocycles. The molecular weight excluding hydrogens is 294 g/mol. The molecule has 2 heterocycles. The van der Waals surface area contributed by atoms with Crippen LogP contribution in [0.15, 0.2) is 45.7 Å². The van der Waals surface area contributed by atoms with Gasteiger partial charge in [0.1, 0.15) is 0 Å². The summed E-state index contributed by atoms with van der Waals surface area (Å²) in [6, 6.07) is 11.3. The average Bonchev–Trinajstić information content (AvgIpc) is 2.73. The van der Waals surface area contributed by atoms with Gasteiger partial charge in [0.2, 0.25) is 0 Å². The molecule has 0 bridgehead atoms. The van der Waals surface area contributed by atoms with E-state index in [1.54, 1.807) is 0 Å². The molecule has 90 valence electrons. The van der Waals surface area contributed by atoms with E-state index in [0.29, 0.717) is 5.65 Å². The normalized spacial score (nSPS) is 11.0. The Morgan fingerprint density at radius 1 is 1.28 bits per heavy atom. The third-order valence-electron chi connectivity index (χ3n) is 2.71. The predicted molar refractivity (Wildman–Crippen MR) is 73.7 cm³/mol. The molecule has 0 radical (unpaired) electrons. The highest BCUT2D eigenvalue weighted by atomic mass is 79.9. The van der Waals surface area contributed by atoms with Crippen molar-refractivity contribution < 1.29 is 0 Å². The van der Waals surface area contributed by atoms with Gasteiger partial charge in [0.25, 0.3) is 5.56 Å². The Morgan fingerprint density at radius 2 is 2.11 bits per heavy atom. The maximum absolute atomic E-state index is 11.8. The standard InChI is InChI=1S/C13H10BrN3O/c1-8-5-13(18)17-12(15-8)7-11(16-17)9-3-2-4-10(14)6-9/h2-7,16H,1H3. The number of rotatable bonds is 1. The van der Waals surface area contributed by atoms with Crippen LogP contribution in [0.2, 0.25) is 0 Å². The fourth-order valence-corrected chi connectivity index (χ4v) is 2.31. The first-order chi connectivity index (χ1) is 8.63. The van der Waals surface area contributed by atoms with E-state index < -0.39 is 0 Å². The van der Waals surface area contributed by atoms with Crippen molar-refractivity contribution in [1.29, 1.82) is 0 Å². The third kappa shape index (κ3) is 1.86. The summed E-state index contributed by atoms with van der Waals surface area (Å²) in [6.45, 7) is 1.81. The Bertz CT molecular complexity index is 788. The SMILES string of the molecule is Cc1cc(=O)n2[nH]c(-c3cccc(Br)c3)cc2n1. The summed E-state index contributed by atoms with van der Waals surface area (Å²) in [5.41, 5.74) is 3.13. The van der Waals surface area contributed by atoms with E-state index in [2.05, 4.69) is 26.0 Å². The van der Waals surface area contributed by atoms with Crippen molar-refractivity contribution in [2.75, 3.05) is 0 Å². The number of halogens is 1. The summed E-state index contributed by atoms with van der Waals surface area (Å²) in [6.07, 6.45) is 0. The summed E-state index contributed by atoms with van der Waals surface area (Å²) < 4.78 is 2.44. The number of aromatic amines is 1. The van der Waals surface area contributed by atoms with Gasteiger partial charge in [-0.1, -0.05) is 28.1 Å². The lowest BCUT2D eigenvalue weighted by Crippen LogP contribution is -2.14. The van der Waals surface area contributed by atoms with Crippen LogP contribution < -0.4 is 5.56 Å². The van der Waals surface area contributed by atoms with Crippen LogP contribution in [0.3, 0.4) is 0 Å². The zero-order chi connectivity index (χ0) is 12.7. The number of hydrogen-bond acceptors (Lipinski definition) is 2. The van der Waals surface area contributed by atoms with Crippen molar-refractivity contribution in [3.8, 4) is 11.3 Å². The van der Waals surface area contributed by atoms with Gasteiger partial charge in [-0.3, -0.25) is 9.89 Å². The van der Waals surface area contributed by atoms with Crippen LogP contribution in [-0.2, 0) is 0 Å². The molecule has 0 fully saturated rings. The highest BCUT2D eigenvalue weighted by Gasteiger charge is 2.06. The van der Waals surface area contributed by atoms with E-state index in [1.807, 2.05) is 37.3 Å². The minimum atomic E-state index is -0.0984. The van der Waals surface area contributed by atoms with E-state index in [4.69, 9.17) is 0 Å². The quantitative estimate of drug-likeness (QED) is 0.751. The van der Waals surface area contributed by atoms with E-state index in [1.165, 1.54) is 10.6 Å². The summed E-state index contributed by atoms with van der Waals surface area (Å²) in [5.74, 6) is 0. The molecule has 2 aromatic heterocycles. The van der Waals surface area contributed by atoms with Crippen molar-refractivity contribution >= 4 is 21.6 Å². The number of nitrogens with zero attached hydrogens (tertiary/aromatic N) is 2. The molecule has 0 saturated carbocycles. The molecule has 0 atom stereocenters.